The number of hydrogen-bond donors (Lipinski definition) is 0. The van der Waals surface area contributed by atoms with Gasteiger partial charge in [-0.2, -0.15) is 0 Å². The summed E-state index contributed by atoms with van der Waals surface area (Å²) in [7, 11) is 0. The second-order valence-electron chi connectivity index (χ2n) is 5.05. The van der Waals surface area contributed by atoms with E-state index in [4.69, 9.17) is 23.2 Å². The van der Waals surface area contributed by atoms with Crippen molar-refractivity contribution in [2.75, 3.05) is 0 Å². The highest BCUT2D eigenvalue weighted by atomic mass is 35.5. The lowest BCUT2D eigenvalue weighted by atomic mass is 9.95. The van der Waals surface area contributed by atoms with E-state index >= 15 is 0 Å². The van der Waals surface area contributed by atoms with Crippen molar-refractivity contribution in [2.24, 2.45) is 0 Å². The van der Waals surface area contributed by atoms with Gasteiger partial charge in [0.15, 0.2) is 0 Å². The number of alkyl halides is 1. The molecule has 0 aromatic heterocycles. The van der Waals surface area contributed by atoms with E-state index in [1.54, 1.807) is 6.07 Å². The van der Waals surface area contributed by atoms with Crippen LogP contribution in [0.5, 0.6) is 0 Å². The van der Waals surface area contributed by atoms with Gasteiger partial charge in [-0.15, -0.1) is 11.6 Å². The summed E-state index contributed by atoms with van der Waals surface area (Å²) >= 11 is 12.5. The Labute approximate surface area is 133 Å². The molecule has 1 unspecified atom stereocenters. The van der Waals surface area contributed by atoms with E-state index in [0.29, 0.717) is 10.6 Å². The van der Waals surface area contributed by atoms with Crippen LogP contribution >= 0.6 is 23.2 Å². The van der Waals surface area contributed by atoms with Gasteiger partial charge in [-0.3, -0.25) is 0 Å². The highest BCUT2D eigenvalue weighted by Gasteiger charge is 2.18. The predicted molar refractivity (Wildman–Crippen MR) is 87.8 cm³/mol. The van der Waals surface area contributed by atoms with Crippen LogP contribution in [-0.2, 0) is 0 Å². The maximum atomic E-state index is 14.0. The third kappa shape index (κ3) is 2.64. The Bertz CT molecular complexity index is 811. The highest BCUT2D eigenvalue weighted by molar-refractivity contribution is 6.31. The molecule has 3 heteroatoms. The summed E-state index contributed by atoms with van der Waals surface area (Å²) in [6.45, 7) is 2.05. The van der Waals surface area contributed by atoms with Crippen molar-refractivity contribution in [3.8, 4) is 0 Å². The Balaban J connectivity index is 2.20. The van der Waals surface area contributed by atoms with E-state index in [1.165, 1.54) is 17.7 Å². The summed E-state index contributed by atoms with van der Waals surface area (Å²) in [6.07, 6.45) is 0. The second kappa shape index (κ2) is 5.67. The first kappa shape index (κ1) is 14.4. The zero-order chi connectivity index (χ0) is 15.0. The molecule has 21 heavy (non-hydrogen) atoms. The van der Waals surface area contributed by atoms with E-state index in [0.717, 1.165) is 16.3 Å². The number of hydrogen-bond acceptors (Lipinski definition) is 0. The van der Waals surface area contributed by atoms with Crippen LogP contribution in [0.4, 0.5) is 4.39 Å². The molecule has 3 aromatic carbocycles. The summed E-state index contributed by atoms with van der Waals surface area (Å²) in [5.41, 5.74) is 2.46. The van der Waals surface area contributed by atoms with E-state index in [1.807, 2.05) is 36.4 Å². The molecular formula is C18H13Cl2F. The predicted octanol–water partition coefficient (Wildman–Crippen LogP) is 6.27. The summed E-state index contributed by atoms with van der Waals surface area (Å²) < 4.78 is 14.0. The Morgan fingerprint density at radius 1 is 0.905 bits per heavy atom. The molecule has 1 atom stereocenters. The van der Waals surface area contributed by atoms with Gasteiger partial charge in [0.1, 0.15) is 5.82 Å². The number of fused-ring (bicyclic) bond motifs is 1. The van der Waals surface area contributed by atoms with Gasteiger partial charge in [0.05, 0.1) is 5.38 Å². The van der Waals surface area contributed by atoms with Crippen LogP contribution in [0, 0.1) is 12.7 Å². The minimum atomic E-state index is -0.575. The summed E-state index contributed by atoms with van der Waals surface area (Å²) in [6, 6.07) is 16.4. The molecule has 3 aromatic rings. The molecule has 3 rings (SSSR count). The van der Waals surface area contributed by atoms with E-state index in [9.17, 15) is 4.39 Å². The van der Waals surface area contributed by atoms with Crippen molar-refractivity contribution in [2.45, 2.75) is 12.3 Å². The van der Waals surface area contributed by atoms with Crippen molar-refractivity contribution < 1.29 is 4.39 Å². The molecule has 0 radical (unpaired) electrons. The third-order valence-electron chi connectivity index (χ3n) is 3.68. The maximum Gasteiger partial charge on any atom is 0.128 e. The number of rotatable bonds is 2. The molecule has 0 saturated heterocycles. The molecule has 0 saturated carbocycles. The average Bonchev–Trinajstić information content (AvgIpc) is 2.50. The summed E-state index contributed by atoms with van der Waals surface area (Å²) in [5.74, 6) is -0.343. The Kier molecular flexibility index (Phi) is 3.88. The van der Waals surface area contributed by atoms with Gasteiger partial charge < -0.3 is 0 Å². The first-order valence-electron chi connectivity index (χ1n) is 6.65. The fourth-order valence-corrected chi connectivity index (χ4v) is 3.11. The normalized spacial score (nSPS) is 12.6. The van der Waals surface area contributed by atoms with E-state index in [-0.39, 0.29) is 5.82 Å². The minimum absolute atomic E-state index is 0.343. The number of benzene rings is 3. The van der Waals surface area contributed by atoms with Gasteiger partial charge in [0, 0.05) is 10.6 Å². The molecule has 0 amide bonds. The van der Waals surface area contributed by atoms with Crippen LogP contribution in [0.3, 0.4) is 0 Å². The monoisotopic (exact) mass is 318 g/mol. The molecular weight excluding hydrogens is 306 g/mol. The molecule has 0 N–H and O–H groups in total. The van der Waals surface area contributed by atoms with Crippen molar-refractivity contribution in [3.05, 3.63) is 82.1 Å². The summed E-state index contributed by atoms with van der Waals surface area (Å²) in [5, 5.41) is 2.07. The van der Waals surface area contributed by atoms with Crippen LogP contribution in [0.2, 0.25) is 5.02 Å². The Morgan fingerprint density at radius 2 is 1.62 bits per heavy atom. The van der Waals surface area contributed by atoms with Crippen LogP contribution in [0.15, 0.2) is 54.6 Å². The molecule has 0 aliphatic heterocycles. The Morgan fingerprint density at radius 3 is 2.38 bits per heavy atom. The first-order chi connectivity index (χ1) is 10.1. The largest absolute Gasteiger partial charge is 0.207 e. The zero-order valence-electron chi connectivity index (χ0n) is 11.4. The first-order valence-corrected chi connectivity index (χ1v) is 7.46. The van der Waals surface area contributed by atoms with Crippen molar-refractivity contribution in [3.63, 3.8) is 0 Å². The van der Waals surface area contributed by atoms with Crippen LogP contribution in [0.25, 0.3) is 10.8 Å². The Hall–Kier alpha value is -1.57. The summed E-state index contributed by atoms with van der Waals surface area (Å²) in [4.78, 5) is 0. The van der Waals surface area contributed by atoms with Gasteiger partial charge in [0.2, 0.25) is 0 Å². The topological polar surface area (TPSA) is 0 Å². The quantitative estimate of drug-likeness (QED) is 0.488. The van der Waals surface area contributed by atoms with E-state index < -0.39 is 5.38 Å². The van der Waals surface area contributed by atoms with Gasteiger partial charge in [-0.25, -0.2) is 4.39 Å². The van der Waals surface area contributed by atoms with Gasteiger partial charge in [-0.1, -0.05) is 48.0 Å². The lowest BCUT2D eigenvalue weighted by Gasteiger charge is -2.15. The van der Waals surface area contributed by atoms with Crippen molar-refractivity contribution >= 4 is 34.0 Å². The third-order valence-corrected chi connectivity index (χ3v) is 4.39. The maximum absolute atomic E-state index is 14.0. The second-order valence-corrected chi connectivity index (χ2v) is 5.92. The molecule has 0 aliphatic carbocycles. The number of aryl methyl sites for hydroxylation is 1. The smallest absolute Gasteiger partial charge is 0.128 e. The fourth-order valence-electron chi connectivity index (χ4n) is 2.57. The van der Waals surface area contributed by atoms with Crippen molar-refractivity contribution in [1.82, 2.24) is 0 Å². The molecule has 106 valence electrons. The van der Waals surface area contributed by atoms with E-state index in [2.05, 4.69) is 6.92 Å². The van der Waals surface area contributed by atoms with Crippen LogP contribution in [-0.4, -0.2) is 0 Å². The lowest BCUT2D eigenvalue weighted by molar-refractivity contribution is 0.612. The molecule has 0 fully saturated rings. The minimum Gasteiger partial charge on any atom is -0.207 e. The standard InChI is InChI=1S/C18H13Cl2F/c1-11-6-8-15(14-5-3-2-4-13(11)14)18(20)16-10-12(19)7-9-17(16)21/h2-10,18H,1H3. The van der Waals surface area contributed by atoms with Gasteiger partial charge >= 0.3 is 0 Å². The lowest BCUT2D eigenvalue weighted by Crippen LogP contribution is -1.99. The SMILES string of the molecule is Cc1ccc(C(Cl)c2cc(Cl)ccc2F)c2ccccc12. The average molecular weight is 319 g/mol. The zero-order valence-corrected chi connectivity index (χ0v) is 12.9. The molecule has 0 aliphatic rings. The van der Waals surface area contributed by atoms with Gasteiger partial charge in [-0.05, 0) is 47.0 Å². The van der Waals surface area contributed by atoms with Crippen molar-refractivity contribution in [1.29, 1.82) is 0 Å². The molecule has 0 spiro atoms. The molecule has 0 bridgehead atoms. The molecule has 0 heterocycles. The number of halogens is 3. The van der Waals surface area contributed by atoms with Crippen LogP contribution < -0.4 is 0 Å². The molecule has 0 nitrogen and oxygen atoms in total. The fraction of sp³-hybridized carbons (Fsp3) is 0.111. The van der Waals surface area contributed by atoms with Gasteiger partial charge in [0.25, 0.3) is 0 Å². The van der Waals surface area contributed by atoms with Crippen LogP contribution in [0.1, 0.15) is 22.1 Å². The highest BCUT2D eigenvalue weighted by Crippen LogP contribution is 2.36.